The van der Waals surface area contributed by atoms with Crippen LogP contribution in [0.4, 0.5) is 0 Å². The van der Waals surface area contributed by atoms with Crippen molar-refractivity contribution in [2.24, 2.45) is 0 Å². The fraction of sp³-hybridized carbons (Fsp3) is 0.667. The summed E-state index contributed by atoms with van der Waals surface area (Å²) in [6, 6.07) is 8.14. The molecule has 0 aromatic heterocycles. The van der Waals surface area contributed by atoms with Gasteiger partial charge in [0.1, 0.15) is 5.75 Å². The molecule has 0 saturated carbocycles. The number of likely N-dealkylation sites (N-methyl/N-ethyl adjacent to an activating group) is 2. The van der Waals surface area contributed by atoms with Gasteiger partial charge in [-0.1, -0.05) is 19.9 Å². The smallest absolute Gasteiger partial charge is 0.119 e. The second kappa shape index (κ2) is 7.28. The number of rotatable bonds is 6. The van der Waals surface area contributed by atoms with Crippen molar-refractivity contribution in [2.75, 3.05) is 20.2 Å². The molecule has 1 aliphatic carbocycles. The summed E-state index contributed by atoms with van der Waals surface area (Å²) in [7, 11) is 1.74. The standard InChI is InChI=1S/C18H30N2O/c1-6-19-18-16-10-9-15(21-5)12-14(16)8-11-17(18)20(7-2)13(3)4/h9-10,12-13,17-19H,6-8,11H2,1-5H3. The Morgan fingerprint density at radius 3 is 2.67 bits per heavy atom. The average molecular weight is 290 g/mol. The zero-order valence-electron chi connectivity index (χ0n) is 14.1. The van der Waals surface area contributed by atoms with Crippen LogP contribution >= 0.6 is 0 Å². The highest BCUT2D eigenvalue weighted by Crippen LogP contribution is 2.35. The minimum absolute atomic E-state index is 0.423. The molecule has 0 aliphatic heterocycles. The molecule has 1 aromatic carbocycles. The van der Waals surface area contributed by atoms with Crippen molar-refractivity contribution < 1.29 is 4.74 Å². The third kappa shape index (κ3) is 3.41. The number of methoxy groups -OCH3 is 1. The molecule has 0 saturated heterocycles. The molecule has 1 aromatic rings. The van der Waals surface area contributed by atoms with Gasteiger partial charge in [0.2, 0.25) is 0 Å². The molecular formula is C18H30N2O. The molecule has 0 heterocycles. The number of nitrogens with one attached hydrogen (secondary N) is 1. The van der Waals surface area contributed by atoms with E-state index in [1.807, 2.05) is 0 Å². The van der Waals surface area contributed by atoms with Crippen molar-refractivity contribution in [3.63, 3.8) is 0 Å². The van der Waals surface area contributed by atoms with Gasteiger partial charge in [-0.3, -0.25) is 4.90 Å². The Morgan fingerprint density at radius 1 is 1.33 bits per heavy atom. The van der Waals surface area contributed by atoms with Gasteiger partial charge in [0, 0.05) is 18.1 Å². The number of ether oxygens (including phenoxy) is 1. The fourth-order valence-corrected chi connectivity index (χ4v) is 3.71. The number of hydrogen-bond acceptors (Lipinski definition) is 3. The third-order valence-electron chi connectivity index (χ3n) is 4.66. The highest BCUT2D eigenvalue weighted by atomic mass is 16.5. The zero-order chi connectivity index (χ0) is 15.4. The van der Waals surface area contributed by atoms with Gasteiger partial charge in [-0.15, -0.1) is 0 Å². The number of aryl methyl sites for hydroxylation is 1. The number of nitrogens with zero attached hydrogens (tertiary/aromatic N) is 1. The molecule has 118 valence electrons. The van der Waals surface area contributed by atoms with Crippen molar-refractivity contribution >= 4 is 0 Å². The lowest BCUT2D eigenvalue weighted by molar-refractivity contribution is 0.114. The molecule has 0 bridgehead atoms. The Bertz CT molecular complexity index is 459. The minimum Gasteiger partial charge on any atom is -0.497 e. The Kier molecular flexibility index (Phi) is 5.65. The van der Waals surface area contributed by atoms with Gasteiger partial charge in [-0.25, -0.2) is 0 Å². The molecule has 2 atom stereocenters. The first-order valence-electron chi connectivity index (χ1n) is 8.28. The Labute approximate surface area is 129 Å². The van der Waals surface area contributed by atoms with Crippen LogP contribution in [-0.4, -0.2) is 37.2 Å². The second-order valence-corrected chi connectivity index (χ2v) is 6.13. The van der Waals surface area contributed by atoms with Crippen LogP contribution in [0.1, 0.15) is 51.3 Å². The van der Waals surface area contributed by atoms with E-state index in [4.69, 9.17) is 4.74 Å². The highest BCUT2D eigenvalue weighted by Gasteiger charge is 2.33. The maximum absolute atomic E-state index is 5.38. The topological polar surface area (TPSA) is 24.5 Å². The molecule has 0 radical (unpaired) electrons. The minimum atomic E-state index is 0.423. The van der Waals surface area contributed by atoms with E-state index in [-0.39, 0.29) is 0 Å². The monoisotopic (exact) mass is 290 g/mol. The van der Waals surface area contributed by atoms with Crippen molar-refractivity contribution in [2.45, 2.75) is 58.7 Å². The summed E-state index contributed by atoms with van der Waals surface area (Å²) < 4.78 is 5.38. The first-order valence-corrected chi connectivity index (χ1v) is 8.28. The first kappa shape index (κ1) is 16.3. The summed E-state index contributed by atoms with van der Waals surface area (Å²) in [4.78, 5) is 2.63. The van der Waals surface area contributed by atoms with Gasteiger partial charge in [-0.05, 0) is 63.0 Å². The van der Waals surface area contributed by atoms with Gasteiger partial charge < -0.3 is 10.1 Å². The van der Waals surface area contributed by atoms with Crippen molar-refractivity contribution in [1.82, 2.24) is 10.2 Å². The predicted octanol–water partition coefficient (Wildman–Crippen LogP) is 3.39. The molecule has 0 spiro atoms. The van der Waals surface area contributed by atoms with Gasteiger partial charge >= 0.3 is 0 Å². The van der Waals surface area contributed by atoms with E-state index < -0.39 is 0 Å². The van der Waals surface area contributed by atoms with Crippen LogP contribution < -0.4 is 10.1 Å². The Morgan fingerprint density at radius 2 is 2.10 bits per heavy atom. The molecule has 21 heavy (non-hydrogen) atoms. The van der Waals surface area contributed by atoms with E-state index in [9.17, 15) is 0 Å². The first-order chi connectivity index (χ1) is 10.1. The summed E-state index contributed by atoms with van der Waals surface area (Å²) in [5.74, 6) is 0.971. The SMILES string of the molecule is CCNC1c2ccc(OC)cc2CCC1N(CC)C(C)C. The maximum atomic E-state index is 5.38. The van der Waals surface area contributed by atoms with E-state index in [2.05, 4.69) is 56.1 Å². The van der Waals surface area contributed by atoms with Gasteiger partial charge in [-0.2, -0.15) is 0 Å². The predicted molar refractivity (Wildman–Crippen MR) is 89.0 cm³/mol. The molecule has 1 N–H and O–H groups in total. The van der Waals surface area contributed by atoms with E-state index in [0.717, 1.165) is 25.3 Å². The fourth-order valence-electron chi connectivity index (χ4n) is 3.71. The number of benzene rings is 1. The third-order valence-corrected chi connectivity index (χ3v) is 4.66. The van der Waals surface area contributed by atoms with Crippen molar-refractivity contribution in [3.05, 3.63) is 29.3 Å². The number of fused-ring (bicyclic) bond motifs is 1. The van der Waals surface area contributed by atoms with Crippen LogP contribution in [-0.2, 0) is 6.42 Å². The number of hydrogen-bond donors (Lipinski definition) is 1. The zero-order valence-corrected chi connectivity index (χ0v) is 14.1. The summed E-state index contributed by atoms with van der Waals surface area (Å²) in [6.45, 7) is 11.2. The average Bonchev–Trinajstić information content (AvgIpc) is 2.49. The van der Waals surface area contributed by atoms with Gasteiger partial charge in [0.25, 0.3) is 0 Å². The van der Waals surface area contributed by atoms with Crippen molar-refractivity contribution in [3.8, 4) is 5.75 Å². The van der Waals surface area contributed by atoms with E-state index in [1.165, 1.54) is 17.5 Å². The van der Waals surface area contributed by atoms with Gasteiger partial charge in [0.15, 0.2) is 0 Å². The summed E-state index contributed by atoms with van der Waals surface area (Å²) in [5, 5.41) is 3.72. The lowest BCUT2D eigenvalue weighted by atomic mass is 9.82. The molecule has 3 heteroatoms. The lowest BCUT2D eigenvalue weighted by Crippen LogP contribution is -2.49. The van der Waals surface area contributed by atoms with Crippen LogP contribution in [0.15, 0.2) is 18.2 Å². The Hall–Kier alpha value is -1.06. The van der Waals surface area contributed by atoms with Crippen molar-refractivity contribution in [1.29, 1.82) is 0 Å². The van der Waals surface area contributed by atoms with Crippen LogP contribution in [0, 0.1) is 0 Å². The van der Waals surface area contributed by atoms with E-state index >= 15 is 0 Å². The van der Waals surface area contributed by atoms with E-state index in [0.29, 0.717) is 18.1 Å². The molecule has 1 aliphatic rings. The van der Waals surface area contributed by atoms with Crippen LogP contribution in [0.2, 0.25) is 0 Å². The van der Waals surface area contributed by atoms with Crippen LogP contribution in [0.3, 0.4) is 0 Å². The van der Waals surface area contributed by atoms with Crippen LogP contribution in [0.5, 0.6) is 5.75 Å². The van der Waals surface area contributed by atoms with E-state index in [1.54, 1.807) is 7.11 Å². The molecule has 0 fully saturated rings. The largest absolute Gasteiger partial charge is 0.497 e. The Balaban J connectivity index is 2.34. The summed E-state index contributed by atoms with van der Waals surface area (Å²) in [5.41, 5.74) is 2.89. The quantitative estimate of drug-likeness (QED) is 0.869. The van der Waals surface area contributed by atoms with Gasteiger partial charge in [0.05, 0.1) is 7.11 Å². The normalized spacial score (nSPS) is 21.7. The van der Waals surface area contributed by atoms with Crippen LogP contribution in [0.25, 0.3) is 0 Å². The molecule has 2 unspecified atom stereocenters. The summed E-state index contributed by atoms with van der Waals surface area (Å²) in [6.07, 6.45) is 2.35. The highest BCUT2D eigenvalue weighted by molar-refractivity contribution is 5.40. The molecule has 2 rings (SSSR count). The summed E-state index contributed by atoms with van der Waals surface area (Å²) >= 11 is 0. The lowest BCUT2D eigenvalue weighted by Gasteiger charge is -2.43. The molecular weight excluding hydrogens is 260 g/mol. The molecule has 0 amide bonds. The second-order valence-electron chi connectivity index (χ2n) is 6.13. The maximum Gasteiger partial charge on any atom is 0.119 e. The molecule has 3 nitrogen and oxygen atoms in total.